The Bertz CT molecular complexity index is 1030. The SMILES string of the molecule is CCC(CC)(CN(C(=O)OC(C)(C)C)c1ccc(-c2nccs2)nn1)c1ncccc1F. The number of thiazole rings is 1. The molecule has 0 atom stereocenters. The average Bonchev–Trinajstić information content (AvgIpc) is 3.30. The molecule has 3 aromatic heterocycles. The van der Waals surface area contributed by atoms with Gasteiger partial charge in [-0.25, -0.2) is 14.2 Å². The summed E-state index contributed by atoms with van der Waals surface area (Å²) in [4.78, 5) is 23.2. The van der Waals surface area contributed by atoms with E-state index in [1.165, 1.54) is 22.3 Å². The summed E-state index contributed by atoms with van der Waals surface area (Å²) in [6, 6.07) is 6.42. The van der Waals surface area contributed by atoms with Crippen molar-refractivity contribution in [3.8, 4) is 10.7 Å². The van der Waals surface area contributed by atoms with Gasteiger partial charge in [-0.2, -0.15) is 0 Å². The fraction of sp³-hybridized carbons (Fsp3) is 0.435. The summed E-state index contributed by atoms with van der Waals surface area (Å²) in [5.41, 5.74) is -0.495. The number of hydrogen-bond acceptors (Lipinski definition) is 7. The van der Waals surface area contributed by atoms with Gasteiger partial charge in [0.1, 0.15) is 22.1 Å². The van der Waals surface area contributed by atoms with Gasteiger partial charge in [0.15, 0.2) is 5.82 Å². The summed E-state index contributed by atoms with van der Waals surface area (Å²) >= 11 is 1.45. The van der Waals surface area contributed by atoms with Crippen molar-refractivity contribution in [2.24, 2.45) is 0 Å². The van der Waals surface area contributed by atoms with E-state index in [-0.39, 0.29) is 6.54 Å². The van der Waals surface area contributed by atoms with E-state index < -0.39 is 22.9 Å². The highest BCUT2D eigenvalue weighted by atomic mass is 32.1. The number of hydrogen-bond donors (Lipinski definition) is 0. The zero-order chi connectivity index (χ0) is 23.4. The number of nitrogens with zero attached hydrogens (tertiary/aromatic N) is 5. The zero-order valence-electron chi connectivity index (χ0n) is 19.0. The molecule has 0 fully saturated rings. The van der Waals surface area contributed by atoms with Gasteiger partial charge in [-0.3, -0.25) is 9.88 Å². The van der Waals surface area contributed by atoms with Crippen LogP contribution in [-0.4, -0.2) is 38.4 Å². The predicted octanol–water partition coefficient (Wildman–Crippen LogP) is 5.63. The topological polar surface area (TPSA) is 81.1 Å². The van der Waals surface area contributed by atoms with E-state index in [0.29, 0.717) is 30.0 Å². The molecule has 32 heavy (non-hydrogen) atoms. The Morgan fingerprint density at radius 1 is 1.09 bits per heavy atom. The molecule has 1 amide bonds. The number of halogens is 1. The molecule has 7 nitrogen and oxygen atoms in total. The van der Waals surface area contributed by atoms with Crippen LogP contribution in [0.4, 0.5) is 15.0 Å². The largest absolute Gasteiger partial charge is 0.443 e. The van der Waals surface area contributed by atoms with Crippen molar-refractivity contribution in [3.63, 3.8) is 0 Å². The van der Waals surface area contributed by atoms with Gasteiger partial charge in [-0.05, 0) is 57.9 Å². The monoisotopic (exact) mass is 457 g/mol. The highest BCUT2D eigenvalue weighted by Gasteiger charge is 2.38. The average molecular weight is 458 g/mol. The molecular formula is C23H28FN5O2S. The second kappa shape index (κ2) is 9.68. The van der Waals surface area contributed by atoms with Crippen LogP contribution in [-0.2, 0) is 10.2 Å². The van der Waals surface area contributed by atoms with Crippen molar-refractivity contribution in [1.29, 1.82) is 0 Å². The zero-order valence-corrected chi connectivity index (χ0v) is 19.8. The standard InChI is InChI=1S/C23H28FN5O2S/c1-6-23(7-2,19-16(24)9-8-12-25-19)15-29(21(30)31-22(3,4)5)18-11-10-17(27-28-18)20-26-13-14-32-20/h8-14H,6-7,15H2,1-5H3. The maximum atomic E-state index is 14.8. The van der Waals surface area contributed by atoms with E-state index in [0.717, 1.165) is 5.01 Å². The van der Waals surface area contributed by atoms with Crippen LogP contribution in [0, 0.1) is 5.82 Å². The first-order valence-corrected chi connectivity index (χ1v) is 11.4. The molecule has 0 saturated heterocycles. The maximum Gasteiger partial charge on any atom is 0.416 e. The highest BCUT2D eigenvalue weighted by molar-refractivity contribution is 7.13. The molecule has 0 aliphatic heterocycles. The summed E-state index contributed by atoms with van der Waals surface area (Å²) in [7, 11) is 0. The van der Waals surface area contributed by atoms with Crippen LogP contribution >= 0.6 is 11.3 Å². The van der Waals surface area contributed by atoms with E-state index in [4.69, 9.17) is 4.74 Å². The lowest BCUT2D eigenvalue weighted by Crippen LogP contribution is -2.47. The molecule has 170 valence electrons. The third-order valence-electron chi connectivity index (χ3n) is 5.27. The van der Waals surface area contributed by atoms with Crippen molar-refractivity contribution in [3.05, 3.63) is 53.6 Å². The van der Waals surface area contributed by atoms with Gasteiger partial charge in [0.25, 0.3) is 0 Å². The third kappa shape index (κ3) is 5.27. The molecule has 0 saturated carbocycles. The second-order valence-electron chi connectivity index (χ2n) is 8.50. The number of amides is 1. The van der Waals surface area contributed by atoms with Crippen LogP contribution in [0.1, 0.15) is 53.2 Å². The molecule has 0 bridgehead atoms. The molecule has 0 aliphatic rings. The molecule has 0 aliphatic carbocycles. The van der Waals surface area contributed by atoms with Gasteiger partial charge in [-0.1, -0.05) is 13.8 Å². The van der Waals surface area contributed by atoms with Crippen LogP contribution in [0.2, 0.25) is 0 Å². The fourth-order valence-corrected chi connectivity index (χ4v) is 4.05. The van der Waals surface area contributed by atoms with E-state index in [1.54, 1.807) is 51.4 Å². The number of aromatic nitrogens is 4. The van der Waals surface area contributed by atoms with Crippen LogP contribution in [0.15, 0.2) is 42.0 Å². The third-order valence-corrected chi connectivity index (χ3v) is 6.06. The van der Waals surface area contributed by atoms with Gasteiger partial charge < -0.3 is 4.74 Å². The Morgan fingerprint density at radius 2 is 1.84 bits per heavy atom. The Hall–Kier alpha value is -2.94. The van der Waals surface area contributed by atoms with E-state index in [2.05, 4.69) is 20.2 Å². The van der Waals surface area contributed by atoms with Crippen LogP contribution in [0.3, 0.4) is 0 Å². The lowest BCUT2D eigenvalue weighted by Gasteiger charge is -2.37. The van der Waals surface area contributed by atoms with Crippen molar-refractivity contribution in [1.82, 2.24) is 20.2 Å². The van der Waals surface area contributed by atoms with Crippen LogP contribution < -0.4 is 4.90 Å². The summed E-state index contributed by atoms with van der Waals surface area (Å²) in [6.07, 6.45) is 3.83. The fourth-order valence-electron chi connectivity index (χ4n) is 3.45. The lowest BCUT2D eigenvalue weighted by molar-refractivity contribution is 0.0568. The highest BCUT2D eigenvalue weighted by Crippen LogP contribution is 2.35. The first-order chi connectivity index (χ1) is 15.2. The minimum atomic E-state index is -0.724. The first kappa shape index (κ1) is 23.7. The molecule has 0 radical (unpaired) electrons. The smallest absolute Gasteiger partial charge is 0.416 e. The Kier molecular flexibility index (Phi) is 7.18. The van der Waals surface area contributed by atoms with E-state index in [1.807, 2.05) is 19.2 Å². The number of rotatable bonds is 7. The summed E-state index contributed by atoms with van der Waals surface area (Å²) < 4.78 is 20.4. The summed E-state index contributed by atoms with van der Waals surface area (Å²) in [5, 5.41) is 11.1. The molecule has 0 aromatic carbocycles. The van der Waals surface area contributed by atoms with E-state index >= 15 is 0 Å². The lowest BCUT2D eigenvalue weighted by atomic mass is 9.78. The van der Waals surface area contributed by atoms with Gasteiger partial charge >= 0.3 is 6.09 Å². The molecule has 0 unspecified atom stereocenters. The first-order valence-electron chi connectivity index (χ1n) is 10.5. The Morgan fingerprint density at radius 3 is 2.38 bits per heavy atom. The predicted molar refractivity (Wildman–Crippen MR) is 123 cm³/mol. The van der Waals surface area contributed by atoms with Crippen molar-refractivity contribution < 1.29 is 13.9 Å². The molecule has 0 spiro atoms. The Labute approximate surface area is 191 Å². The molecule has 0 N–H and O–H groups in total. The Balaban J connectivity index is 2.02. The van der Waals surface area contributed by atoms with Gasteiger partial charge in [-0.15, -0.1) is 21.5 Å². The summed E-state index contributed by atoms with van der Waals surface area (Å²) in [6.45, 7) is 9.46. The molecular weight excluding hydrogens is 429 g/mol. The second-order valence-corrected chi connectivity index (χ2v) is 9.40. The van der Waals surface area contributed by atoms with Gasteiger partial charge in [0.2, 0.25) is 0 Å². The number of pyridine rings is 1. The van der Waals surface area contributed by atoms with Crippen molar-refractivity contribution in [2.75, 3.05) is 11.4 Å². The number of ether oxygens (including phenoxy) is 1. The minimum absolute atomic E-state index is 0.147. The normalized spacial score (nSPS) is 11.9. The molecule has 3 rings (SSSR count). The van der Waals surface area contributed by atoms with Crippen LogP contribution in [0.5, 0.6) is 0 Å². The van der Waals surface area contributed by atoms with Crippen molar-refractivity contribution >= 4 is 23.2 Å². The minimum Gasteiger partial charge on any atom is -0.443 e. The van der Waals surface area contributed by atoms with Gasteiger partial charge in [0.05, 0.1) is 5.69 Å². The maximum absolute atomic E-state index is 14.8. The number of anilines is 1. The van der Waals surface area contributed by atoms with Crippen molar-refractivity contribution in [2.45, 2.75) is 58.5 Å². The van der Waals surface area contributed by atoms with E-state index in [9.17, 15) is 9.18 Å². The number of carbonyl (C=O) groups is 1. The molecule has 3 heterocycles. The van der Waals surface area contributed by atoms with Crippen LogP contribution in [0.25, 0.3) is 10.7 Å². The quantitative estimate of drug-likeness (QED) is 0.457. The van der Waals surface area contributed by atoms with Gasteiger partial charge in [0, 0.05) is 29.7 Å². The molecule has 3 aromatic rings. The summed E-state index contributed by atoms with van der Waals surface area (Å²) in [5.74, 6) is -0.0762. The number of carbonyl (C=O) groups excluding carboxylic acids is 1. The molecule has 9 heteroatoms.